The second-order valence-electron chi connectivity index (χ2n) is 3.63. The smallest absolute Gasteiger partial charge is 0.234 e. The zero-order valence-electron chi connectivity index (χ0n) is 9.33. The predicted molar refractivity (Wildman–Crippen MR) is 65.8 cm³/mol. The van der Waals surface area contributed by atoms with Crippen molar-refractivity contribution in [3.8, 4) is 11.3 Å². The highest BCUT2D eigenvalue weighted by Crippen LogP contribution is 2.19. The number of anilines is 1. The average molecular weight is 225 g/mol. The highest BCUT2D eigenvalue weighted by atomic mass is 15.1. The summed E-state index contributed by atoms with van der Waals surface area (Å²) < 4.78 is 1.90. The van der Waals surface area contributed by atoms with Gasteiger partial charge in [-0.15, -0.1) is 0 Å². The molecule has 0 bridgehead atoms. The van der Waals surface area contributed by atoms with Gasteiger partial charge in [-0.05, 0) is 18.2 Å². The van der Waals surface area contributed by atoms with Gasteiger partial charge in [0.15, 0.2) is 0 Å². The summed E-state index contributed by atoms with van der Waals surface area (Å²) in [4.78, 5) is 12.8. The van der Waals surface area contributed by atoms with E-state index >= 15 is 0 Å². The van der Waals surface area contributed by atoms with Gasteiger partial charge in [0.25, 0.3) is 0 Å². The molecular weight excluding hydrogens is 214 g/mol. The van der Waals surface area contributed by atoms with E-state index in [9.17, 15) is 0 Å². The lowest BCUT2D eigenvalue weighted by Gasteiger charge is -2.00. The van der Waals surface area contributed by atoms with Crippen LogP contribution in [0.4, 0.5) is 5.82 Å². The quantitative estimate of drug-likeness (QED) is 0.723. The number of imidazole rings is 1. The molecule has 0 aliphatic carbocycles. The second kappa shape index (κ2) is 3.86. The first-order valence-corrected chi connectivity index (χ1v) is 5.31. The van der Waals surface area contributed by atoms with Crippen molar-refractivity contribution in [1.82, 2.24) is 19.4 Å². The van der Waals surface area contributed by atoms with Gasteiger partial charge in [0.2, 0.25) is 5.78 Å². The summed E-state index contributed by atoms with van der Waals surface area (Å²) >= 11 is 0. The molecule has 0 unspecified atom stereocenters. The van der Waals surface area contributed by atoms with Crippen LogP contribution in [0.5, 0.6) is 0 Å². The van der Waals surface area contributed by atoms with E-state index in [1.165, 1.54) is 0 Å². The largest absolute Gasteiger partial charge is 0.373 e. The molecule has 0 saturated carbocycles. The number of aromatic nitrogens is 4. The van der Waals surface area contributed by atoms with Gasteiger partial charge >= 0.3 is 0 Å². The van der Waals surface area contributed by atoms with E-state index in [1.54, 1.807) is 12.4 Å². The first-order valence-electron chi connectivity index (χ1n) is 5.31. The minimum absolute atomic E-state index is 0.699. The van der Waals surface area contributed by atoms with Crippen LogP contribution in [0.3, 0.4) is 0 Å². The molecule has 84 valence electrons. The molecule has 0 aliphatic heterocycles. The Labute approximate surface area is 98.2 Å². The summed E-state index contributed by atoms with van der Waals surface area (Å²) in [5, 5.41) is 3.01. The van der Waals surface area contributed by atoms with E-state index in [0.29, 0.717) is 5.78 Å². The van der Waals surface area contributed by atoms with Crippen LogP contribution >= 0.6 is 0 Å². The van der Waals surface area contributed by atoms with Crippen molar-refractivity contribution in [2.75, 3.05) is 12.4 Å². The van der Waals surface area contributed by atoms with Crippen LogP contribution in [-0.2, 0) is 0 Å². The van der Waals surface area contributed by atoms with Gasteiger partial charge in [-0.2, -0.15) is 0 Å². The molecule has 0 aliphatic rings. The van der Waals surface area contributed by atoms with Gasteiger partial charge in [-0.1, -0.05) is 0 Å². The van der Waals surface area contributed by atoms with Crippen molar-refractivity contribution in [1.29, 1.82) is 0 Å². The molecule has 0 aromatic carbocycles. The van der Waals surface area contributed by atoms with Crippen LogP contribution < -0.4 is 5.32 Å². The van der Waals surface area contributed by atoms with Gasteiger partial charge in [-0.3, -0.25) is 4.40 Å². The molecule has 0 fully saturated rings. The van der Waals surface area contributed by atoms with Crippen molar-refractivity contribution < 1.29 is 0 Å². The van der Waals surface area contributed by atoms with E-state index < -0.39 is 0 Å². The molecule has 3 rings (SSSR count). The maximum absolute atomic E-state index is 4.45. The van der Waals surface area contributed by atoms with Crippen LogP contribution in [-0.4, -0.2) is 26.4 Å². The van der Waals surface area contributed by atoms with Gasteiger partial charge in [0.1, 0.15) is 5.82 Å². The molecule has 3 aromatic rings. The number of hydrogen-bond acceptors (Lipinski definition) is 4. The Morgan fingerprint density at radius 3 is 3.00 bits per heavy atom. The van der Waals surface area contributed by atoms with E-state index in [1.807, 2.05) is 42.0 Å². The summed E-state index contributed by atoms with van der Waals surface area (Å²) in [6.45, 7) is 0. The highest BCUT2D eigenvalue weighted by molar-refractivity contribution is 5.64. The lowest BCUT2D eigenvalue weighted by molar-refractivity contribution is 1.11. The third-order valence-electron chi connectivity index (χ3n) is 2.55. The average Bonchev–Trinajstić information content (AvgIpc) is 2.82. The lowest BCUT2D eigenvalue weighted by Crippen LogP contribution is -1.91. The molecular formula is C12H11N5. The number of pyridine rings is 1. The van der Waals surface area contributed by atoms with Crippen LogP contribution in [0.2, 0.25) is 0 Å². The Morgan fingerprint density at radius 2 is 2.18 bits per heavy atom. The maximum atomic E-state index is 4.45. The standard InChI is InChI=1S/C12H11N5/c1-13-11-7-9(3-5-14-11)10-8-17-6-2-4-15-12(17)16-10/h2-8H,1H3,(H,13,14). The monoisotopic (exact) mass is 225 g/mol. The van der Waals surface area contributed by atoms with Crippen molar-refractivity contribution in [3.63, 3.8) is 0 Å². The first-order chi connectivity index (χ1) is 8.36. The Morgan fingerprint density at radius 1 is 1.24 bits per heavy atom. The van der Waals surface area contributed by atoms with Gasteiger partial charge in [0.05, 0.1) is 5.69 Å². The summed E-state index contributed by atoms with van der Waals surface area (Å²) in [6, 6.07) is 5.77. The molecule has 17 heavy (non-hydrogen) atoms. The molecule has 3 aromatic heterocycles. The minimum atomic E-state index is 0.699. The third-order valence-corrected chi connectivity index (χ3v) is 2.55. The Hall–Kier alpha value is -2.43. The number of nitrogens with one attached hydrogen (secondary N) is 1. The molecule has 0 saturated heterocycles. The van der Waals surface area contributed by atoms with Gasteiger partial charge < -0.3 is 5.32 Å². The van der Waals surface area contributed by atoms with Crippen LogP contribution in [0, 0.1) is 0 Å². The van der Waals surface area contributed by atoms with Gasteiger partial charge in [0, 0.05) is 37.4 Å². The van der Waals surface area contributed by atoms with E-state index in [4.69, 9.17) is 0 Å². The van der Waals surface area contributed by atoms with E-state index in [0.717, 1.165) is 17.1 Å². The first kappa shape index (κ1) is 9.77. The van der Waals surface area contributed by atoms with E-state index in [2.05, 4.69) is 20.3 Å². The number of rotatable bonds is 2. The number of nitrogens with zero attached hydrogens (tertiary/aromatic N) is 4. The molecule has 5 nitrogen and oxygen atoms in total. The second-order valence-corrected chi connectivity index (χ2v) is 3.63. The zero-order valence-corrected chi connectivity index (χ0v) is 9.33. The predicted octanol–water partition coefficient (Wildman–Crippen LogP) is 1.83. The minimum Gasteiger partial charge on any atom is -0.373 e. The van der Waals surface area contributed by atoms with Gasteiger partial charge in [-0.25, -0.2) is 15.0 Å². The lowest BCUT2D eigenvalue weighted by atomic mass is 10.2. The highest BCUT2D eigenvalue weighted by Gasteiger charge is 2.05. The normalized spacial score (nSPS) is 10.6. The topological polar surface area (TPSA) is 55.1 Å². The van der Waals surface area contributed by atoms with Crippen molar-refractivity contribution in [3.05, 3.63) is 43.0 Å². The molecule has 3 heterocycles. The van der Waals surface area contributed by atoms with E-state index in [-0.39, 0.29) is 0 Å². The molecule has 0 radical (unpaired) electrons. The van der Waals surface area contributed by atoms with Crippen LogP contribution in [0.1, 0.15) is 0 Å². The Kier molecular flexibility index (Phi) is 2.22. The maximum Gasteiger partial charge on any atom is 0.234 e. The molecule has 0 atom stereocenters. The number of fused-ring (bicyclic) bond motifs is 1. The number of hydrogen-bond donors (Lipinski definition) is 1. The Balaban J connectivity index is 2.13. The fourth-order valence-electron chi connectivity index (χ4n) is 1.70. The summed E-state index contributed by atoms with van der Waals surface area (Å²) in [6.07, 6.45) is 7.38. The SMILES string of the molecule is CNc1cc(-c2cn3cccnc3n2)ccn1. The van der Waals surface area contributed by atoms with Crippen molar-refractivity contribution in [2.24, 2.45) is 0 Å². The Bertz CT molecular complexity index is 626. The van der Waals surface area contributed by atoms with Crippen LogP contribution in [0.25, 0.3) is 17.0 Å². The zero-order chi connectivity index (χ0) is 11.7. The fourth-order valence-corrected chi connectivity index (χ4v) is 1.70. The summed E-state index contributed by atoms with van der Waals surface area (Å²) in [5.41, 5.74) is 1.91. The summed E-state index contributed by atoms with van der Waals surface area (Å²) in [7, 11) is 1.84. The molecule has 1 N–H and O–H groups in total. The fraction of sp³-hybridized carbons (Fsp3) is 0.0833. The molecule has 0 amide bonds. The van der Waals surface area contributed by atoms with Crippen molar-refractivity contribution >= 4 is 11.6 Å². The summed E-state index contributed by atoms with van der Waals surface area (Å²) in [5.74, 6) is 1.53. The third kappa shape index (κ3) is 1.71. The molecule has 0 spiro atoms. The molecule has 5 heteroatoms. The van der Waals surface area contributed by atoms with Crippen LogP contribution in [0.15, 0.2) is 43.0 Å². The van der Waals surface area contributed by atoms with Crippen molar-refractivity contribution in [2.45, 2.75) is 0 Å².